The van der Waals surface area contributed by atoms with Crippen LogP contribution in [0.4, 0.5) is 10.5 Å². The number of anilines is 1. The molecule has 0 atom stereocenters. The number of carbonyl (C=O) groups excluding carboxylic acids is 2. The Bertz CT molecular complexity index is 846. The van der Waals surface area contributed by atoms with Gasteiger partial charge < -0.3 is 5.32 Å². The number of benzene rings is 1. The molecule has 2 heterocycles. The molecule has 0 unspecified atom stereocenters. The van der Waals surface area contributed by atoms with E-state index in [1.165, 1.54) is 4.90 Å². The van der Waals surface area contributed by atoms with Crippen LogP contribution >= 0.6 is 11.6 Å². The molecule has 4 rings (SSSR count). The average Bonchev–Trinajstić information content (AvgIpc) is 2.79. The van der Waals surface area contributed by atoms with Crippen molar-refractivity contribution in [1.29, 1.82) is 0 Å². The third kappa shape index (κ3) is 2.12. The highest BCUT2D eigenvalue weighted by molar-refractivity contribution is 6.31. The molecule has 1 N–H and O–H groups in total. The third-order valence-corrected chi connectivity index (χ3v) is 5.29. The first-order valence-electron chi connectivity index (χ1n) is 7.83. The predicted octanol–water partition coefficient (Wildman–Crippen LogP) is 3.42. The number of urea groups is 1. The maximum absolute atomic E-state index is 12.9. The van der Waals surface area contributed by atoms with Crippen molar-refractivity contribution < 1.29 is 9.59 Å². The van der Waals surface area contributed by atoms with Crippen molar-refractivity contribution in [3.63, 3.8) is 0 Å². The molecule has 0 bridgehead atoms. The number of carbonyl (C=O) groups is 2. The van der Waals surface area contributed by atoms with Gasteiger partial charge in [-0.05, 0) is 48.9 Å². The molecule has 3 amide bonds. The monoisotopic (exact) mass is 341 g/mol. The van der Waals surface area contributed by atoms with E-state index in [1.54, 1.807) is 18.5 Å². The Morgan fingerprint density at radius 1 is 1.25 bits per heavy atom. The zero-order valence-corrected chi connectivity index (χ0v) is 13.9. The third-order valence-electron chi connectivity index (χ3n) is 4.95. The van der Waals surface area contributed by atoms with Gasteiger partial charge in [0.1, 0.15) is 5.54 Å². The van der Waals surface area contributed by atoms with Crippen molar-refractivity contribution in [3.8, 4) is 0 Å². The minimum absolute atomic E-state index is 0.179. The van der Waals surface area contributed by atoms with Gasteiger partial charge in [-0.1, -0.05) is 29.8 Å². The van der Waals surface area contributed by atoms with E-state index in [1.807, 2.05) is 31.2 Å². The van der Waals surface area contributed by atoms with E-state index in [4.69, 9.17) is 11.6 Å². The first-order chi connectivity index (χ1) is 11.5. The maximum Gasteiger partial charge on any atom is 0.329 e. The van der Waals surface area contributed by atoms with Crippen LogP contribution < -0.4 is 10.2 Å². The van der Waals surface area contributed by atoms with E-state index in [0.717, 1.165) is 11.1 Å². The molecule has 2 aliphatic rings. The zero-order valence-electron chi connectivity index (χ0n) is 13.1. The number of halogens is 1. The van der Waals surface area contributed by atoms with Crippen molar-refractivity contribution in [3.05, 3.63) is 58.9 Å². The fourth-order valence-corrected chi connectivity index (χ4v) is 3.90. The van der Waals surface area contributed by atoms with E-state index in [-0.39, 0.29) is 17.9 Å². The Balaban J connectivity index is 1.60. The Labute approximate surface area is 144 Å². The number of pyridine rings is 1. The Morgan fingerprint density at radius 3 is 2.71 bits per heavy atom. The molecule has 24 heavy (non-hydrogen) atoms. The second-order valence-electron chi connectivity index (χ2n) is 6.44. The van der Waals surface area contributed by atoms with Crippen molar-refractivity contribution in [2.24, 2.45) is 0 Å². The van der Waals surface area contributed by atoms with Crippen molar-refractivity contribution >= 4 is 29.2 Å². The fourth-order valence-electron chi connectivity index (χ4n) is 3.61. The van der Waals surface area contributed by atoms with Crippen LogP contribution in [0.5, 0.6) is 0 Å². The van der Waals surface area contributed by atoms with E-state index in [0.29, 0.717) is 23.6 Å². The lowest BCUT2D eigenvalue weighted by Crippen LogP contribution is -2.56. The Hall–Kier alpha value is -2.40. The number of aryl methyl sites for hydroxylation is 1. The SMILES string of the molecule is Cc1ccncc1N1C(=O)NC2(CC(c3ccccc3Cl)C2)C1=O. The summed E-state index contributed by atoms with van der Waals surface area (Å²) in [5.74, 6) is -0.0233. The average molecular weight is 342 g/mol. The summed E-state index contributed by atoms with van der Waals surface area (Å²) in [5, 5.41) is 3.58. The molecule has 1 spiro atoms. The molecule has 1 aliphatic carbocycles. The predicted molar refractivity (Wildman–Crippen MR) is 91.1 cm³/mol. The van der Waals surface area contributed by atoms with Crippen LogP contribution in [0.15, 0.2) is 42.7 Å². The van der Waals surface area contributed by atoms with Crippen LogP contribution in [-0.4, -0.2) is 22.5 Å². The summed E-state index contributed by atoms with van der Waals surface area (Å²) >= 11 is 6.25. The molecule has 1 saturated heterocycles. The summed E-state index contributed by atoms with van der Waals surface area (Å²) in [6.45, 7) is 1.86. The van der Waals surface area contributed by atoms with Gasteiger partial charge >= 0.3 is 6.03 Å². The number of amides is 3. The van der Waals surface area contributed by atoms with Gasteiger partial charge in [-0.25, -0.2) is 9.69 Å². The van der Waals surface area contributed by atoms with Crippen LogP contribution in [0, 0.1) is 6.92 Å². The minimum Gasteiger partial charge on any atom is -0.323 e. The Morgan fingerprint density at radius 2 is 2.00 bits per heavy atom. The molecule has 1 saturated carbocycles. The standard InChI is InChI=1S/C18H16ClN3O2/c1-11-6-7-20-10-15(11)22-16(23)18(21-17(22)24)8-12(9-18)13-4-2-3-5-14(13)19/h2-7,10,12H,8-9H2,1H3,(H,21,24). The quantitative estimate of drug-likeness (QED) is 0.851. The van der Waals surface area contributed by atoms with Crippen LogP contribution in [-0.2, 0) is 4.79 Å². The van der Waals surface area contributed by atoms with Gasteiger partial charge in [-0.3, -0.25) is 9.78 Å². The summed E-state index contributed by atoms with van der Waals surface area (Å²) < 4.78 is 0. The topological polar surface area (TPSA) is 62.3 Å². The van der Waals surface area contributed by atoms with Crippen molar-refractivity contribution in [2.45, 2.75) is 31.2 Å². The van der Waals surface area contributed by atoms with Gasteiger partial charge in [0, 0.05) is 11.2 Å². The van der Waals surface area contributed by atoms with Gasteiger partial charge in [0.15, 0.2) is 0 Å². The minimum atomic E-state index is -0.816. The number of hydrogen-bond acceptors (Lipinski definition) is 3. The smallest absolute Gasteiger partial charge is 0.323 e. The number of hydrogen-bond donors (Lipinski definition) is 1. The molecule has 1 aliphatic heterocycles. The summed E-state index contributed by atoms with van der Waals surface area (Å²) in [5.41, 5.74) is 1.59. The van der Waals surface area contributed by atoms with E-state index >= 15 is 0 Å². The highest BCUT2D eigenvalue weighted by Gasteiger charge is 2.59. The highest BCUT2D eigenvalue weighted by Crippen LogP contribution is 2.49. The van der Waals surface area contributed by atoms with E-state index < -0.39 is 5.54 Å². The summed E-state index contributed by atoms with van der Waals surface area (Å²) in [6, 6.07) is 9.05. The molecular weight excluding hydrogens is 326 g/mol. The summed E-state index contributed by atoms with van der Waals surface area (Å²) in [6.07, 6.45) is 4.33. The lowest BCUT2D eigenvalue weighted by atomic mass is 9.65. The number of nitrogens with zero attached hydrogens (tertiary/aromatic N) is 2. The van der Waals surface area contributed by atoms with E-state index in [9.17, 15) is 9.59 Å². The second-order valence-corrected chi connectivity index (χ2v) is 6.85. The lowest BCUT2D eigenvalue weighted by molar-refractivity contribution is -0.125. The van der Waals surface area contributed by atoms with E-state index in [2.05, 4.69) is 10.3 Å². The fraction of sp³-hybridized carbons (Fsp3) is 0.278. The van der Waals surface area contributed by atoms with Crippen LogP contribution in [0.25, 0.3) is 0 Å². The number of nitrogens with one attached hydrogen (secondary N) is 1. The molecule has 5 nitrogen and oxygen atoms in total. The van der Waals surface area contributed by atoms with Gasteiger partial charge in [-0.15, -0.1) is 0 Å². The molecule has 1 aromatic heterocycles. The normalized spacial score (nSPS) is 25.8. The maximum atomic E-state index is 12.9. The van der Waals surface area contributed by atoms with Crippen molar-refractivity contribution in [1.82, 2.24) is 10.3 Å². The first-order valence-corrected chi connectivity index (χ1v) is 8.21. The Kier molecular flexibility index (Phi) is 3.35. The summed E-state index contributed by atoms with van der Waals surface area (Å²) in [4.78, 5) is 30.6. The second kappa shape index (κ2) is 5.31. The molecule has 2 fully saturated rings. The van der Waals surface area contributed by atoms with Crippen LogP contribution in [0.2, 0.25) is 5.02 Å². The molecule has 2 aromatic rings. The molecule has 122 valence electrons. The number of imide groups is 1. The summed E-state index contributed by atoms with van der Waals surface area (Å²) in [7, 11) is 0. The zero-order chi connectivity index (χ0) is 16.9. The largest absolute Gasteiger partial charge is 0.329 e. The molecule has 6 heteroatoms. The lowest BCUT2D eigenvalue weighted by Gasteiger charge is -2.43. The van der Waals surface area contributed by atoms with Gasteiger partial charge in [0.2, 0.25) is 0 Å². The highest BCUT2D eigenvalue weighted by atomic mass is 35.5. The molecule has 1 aromatic carbocycles. The van der Waals surface area contributed by atoms with Crippen molar-refractivity contribution in [2.75, 3.05) is 4.90 Å². The molecular formula is C18H16ClN3O2. The van der Waals surface area contributed by atoms with Gasteiger partial charge in [0.05, 0.1) is 11.9 Å². The first kappa shape index (κ1) is 15.1. The van der Waals surface area contributed by atoms with Gasteiger partial charge in [0.25, 0.3) is 5.91 Å². The van der Waals surface area contributed by atoms with Gasteiger partial charge in [-0.2, -0.15) is 0 Å². The van der Waals surface area contributed by atoms with Crippen LogP contribution in [0.3, 0.4) is 0 Å². The van der Waals surface area contributed by atoms with Crippen LogP contribution in [0.1, 0.15) is 29.9 Å². The number of aromatic nitrogens is 1. The number of rotatable bonds is 2. The molecule has 0 radical (unpaired) electrons.